The van der Waals surface area contributed by atoms with Gasteiger partial charge in [-0.05, 0) is 22.3 Å². The number of fused-ring (bicyclic) bond motifs is 3. The predicted molar refractivity (Wildman–Crippen MR) is 120 cm³/mol. The quantitative estimate of drug-likeness (QED) is 0.276. The summed E-state index contributed by atoms with van der Waals surface area (Å²) in [6.45, 7) is 0.507. The molecule has 8 heteroatoms. The van der Waals surface area contributed by atoms with Gasteiger partial charge < -0.3 is 15.8 Å². The Hall–Kier alpha value is -4.38. The first-order valence-electron chi connectivity index (χ1n) is 10.0. The minimum absolute atomic E-state index is 0.00251. The summed E-state index contributed by atoms with van der Waals surface area (Å²) in [4.78, 5) is 26.2. The van der Waals surface area contributed by atoms with E-state index in [0.717, 1.165) is 17.3 Å². The lowest BCUT2D eigenvalue weighted by Crippen LogP contribution is -2.26. The number of ether oxygens (including phenoxy) is 1. The van der Waals surface area contributed by atoms with E-state index in [1.807, 2.05) is 24.3 Å². The van der Waals surface area contributed by atoms with E-state index in [9.17, 15) is 14.9 Å². The van der Waals surface area contributed by atoms with Gasteiger partial charge in [0.05, 0.1) is 10.5 Å². The topological polar surface area (TPSA) is 120 Å². The average molecular weight is 428 g/mol. The predicted octanol–water partition coefficient (Wildman–Crippen LogP) is 3.85. The van der Waals surface area contributed by atoms with Gasteiger partial charge in [-0.3, -0.25) is 10.1 Å². The largest absolute Gasteiger partial charge is 0.449 e. The minimum atomic E-state index is -0.559. The van der Waals surface area contributed by atoms with Crippen LogP contribution in [0.4, 0.5) is 16.3 Å². The molecule has 0 fully saturated rings. The standard InChI is InChI=1S/C24H20N4O4/c25-23-16(13-17(14-27-23)28(30)31)7-5-6-12-26-24(29)32-15-22-20-10-3-1-8-18(20)19-9-2-4-11-21(19)22/h1-4,8-11,13-14,22H,6,12,15H2,(H2,25,27)(H,26,29). The summed E-state index contributed by atoms with van der Waals surface area (Å²) in [5.74, 6) is 5.69. The number of pyridine rings is 1. The van der Waals surface area contributed by atoms with Crippen molar-refractivity contribution in [2.45, 2.75) is 12.3 Å². The molecule has 0 bridgehead atoms. The van der Waals surface area contributed by atoms with Gasteiger partial charge in [-0.2, -0.15) is 0 Å². The molecule has 1 aliphatic carbocycles. The van der Waals surface area contributed by atoms with Gasteiger partial charge in [-0.25, -0.2) is 9.78 Å². The third kappa shape index (κ3) is 4.37. The number of nitro groups is 1. The van der Waals surface area contributed by atoms with Gasteiger partial charge >= 0.3 is 6.09 Å². The molecule has 2 aromatic carbocycles. The van der Waals surface area contributed by atoms with Gasteiger partial charge in [-0.15, -0.1) is 0 Å². The normalized spacial score (nSPS) is 11.6. The van der Waals surface area contributed by atoms with Crippen LogP contribution in [-0.2, 0) is 4.74 Å². The van der Waals surface area contributed by atoms with Crippen molar-refractivity contribution in [3.8, 4) is 23.0 Å². The van der Waals surface area contributed by atoms with Gasteiger partial charge in [0, 0.05) is 24.9 Å². The molecule has 3 aromatic rings. The molecule has 32 heavy (non-hydrogen) atoms. The van der Waals surface area contributed by atoms with Crippen molar-refractivity contribution >= 4 is 17.6 Å². The maximum Gasteiger partial charge on any atom is 0.407 e. The van der Waals surface area contributed by atoms with Crippen LogP contribution in [0.3, 0.4) is 0 Å². The number of anilines is 1. The van der Waals surface area contributed by atoms with Crippen LogP contribution in [0.1, 0.15) is 29.0 Å². The first-order valence-corrected chi connectivity index (χ1v) is 10.0. The number of aromatic nitrogens is 1. The number of nitrogens with zero attached hydrogens (tertiary/aromatic N) is 2. The van der Waals surface area contributed by atoms with Crippen LogP contribution in [0, 0.1) is 22.0 Å². The van der Waals surface area contributed by atoms with Gasteiger partial charge in [0.1, 0.15) is 18.6 Å². The summed E-state index contributed by atoms with van der Waals surface area (Å²) < 4.78 is 5.46. The summed E-state index contributed by atoms with van der Waals surface area (Å²) in [6, 6.07) is 17.5. The van der Waals surface area contributed by atoms with E-state index in [0.29, 0.717) is 6.42 Å². The number of nitrogen functional groups attached to an aromatic ring is 1. The number of nitrogens with one attached hydrogen (secondary N) is 1. The molecule has 1 aromatic heterocycles. The van der Waals surface area contributed by atoms with Gasteiger partial charge in [0.25, 0.3) is 5.69 Å². The van der Waals surface area contributed by atoms with Crippen molar-refractivity contribution in [3.63, 3.8) is 0 Å². The average Bonchev–Trinajstić information content (AvgIpc) is 3.12. The van der Waals surface area contributed by atoms with Crippen LogP contribution in [-0.4, -0.2) is 29.2 Å². The van der Waals surface area contributed by atoms with Crippen molar-refractivity contribution < 1.29 is 14.5 Å². The summed E-state index contributed by atoms with van der Waals surface area (Å²) >= 11 is 0. The zero-order chi connectivity index (χ0) is 22.5. The first-order chi connectivity index (χ1) is 15.5. The lowest BCUT2D eigenvalue weighted by molar-refractivity contribution is -0.385. The molecule has 0 atom stereocenters. The van der Waals surface area contributed by atoms with Crippen molar-refractivity contribution in [1.82, 2.24) is 10.3 Å². The van der Waals surface area contributed by atoms with E-state index < -0.39 is 11.0 Å². The molecule has 8 nitrogen and oxygen atoms in total. The molecule has 160 valence electrons. The second-order valence-corrected chi connectivity index (χ2v) is 7.19. The Morgan fingerprint density at radius 2 is 1.81 bits per heavy atom. The number of hydrogen-bond donors (Lipinski definition) is 2. The third-order valence-electron chi connectivity index (χ3n) is 5.20. The van der Waals surface area contributed by atoms with Crippen molar-refractivity contribution in [2.75, 3.05) is 18.9 Å². The first kappa shape index (κ1) is 20.9. The molecular weight excluding hydrogens is 408 g/mol. The Labute approximate surface area is 184 Å². The molecule has 0 saturated heterocycles. The highest BCUT2D eigenvalue weighted by molar-refractivity contribution is 5.79. The molecule has 4 rings (SSSR count). The fourth-order valence-electron chi connectivity index (χ4n) is 3.70. The van der Waals surface area contributed by atoms with Crippen LogP contribution in [0.2, 0.25) is 0 Å². The van der Waals surface area contributed by atoms with Crippen molar-refractivity contribution in [2.24, 2.45) is 0 Å². The number of carbonyl (C=O) groups is 1. The number of alkyl carbamates (subject to hydrolysis) is 1. The van der Waals surface area contributed by atoms with E-state index in [1.54, 1.807) is 0 Å². The summed E-state index contributed by atoms with van der Waals surface area (Å²) in [7, 11) is 0. The zero-order valence-corrected chi connectivity index (χ0v) is 17.1. The Balaban J connectivity index is 1.30. The summed E-state index contributed by atoms with van der Waals surface area (Å²) in [5, 5.41) is 13.5. The number of carbonyl (C=O) groups excluding carboxylic acids is 1. The Kier molecular flexibility index (Phi) is 5.99. The number of amides is 1. The molecule has 0 unspecified atom stereocenters. The fraction of sp³-hybridized carbons (Fsp3) is 0.167. The van der Waals surface area contributed by atoms with E-state index >= 15 is 0 Å². The van der Waals surface area contributed by atoms with Gasteiger partial charge in [0.15, 0.2) is 0 Å². The van der Waals surface area contributed by atoms with Gasteiger partial charge in [0.2, 0.25) is 0 Å². The van der Waals surface area contributed by atoms with Crippen LogP contribution in [0.15, 0.2) is 60.8 Å². The monoisotopic (exact) mass is 428 g/mol. The number of benzene rings is 2. The molecule has 3 N–H and O–H groups in total. The number of nitrogens with two attached hydrogens (primary N) is 1. The molecule has 0 spiro atoms. The lowest BCUT2D eigenvalue weighted by Gasteiger charge is -2.14. The molecular formula is C24H20N4O4. The molecule has 0 radical (unpaired) electrons. The number of hydrogen-bond acceptors (Lipinski definition) is 6. The van der Waals surface area contributed by atoms with E-state index in [-0.39, 0.29) is 36.1 Å². The van der Waals surface area contributed by atoms with Gasteiger partial charge in [-0.1, -0.05) is 60.4 Å². The SMILES string of the molecule is Nc1ncc([N+](=O)[O-])cc1C#CCCNC(=O)OCC1c2ccccc2-c2ccccc21. The lowest BCUT2D eigenvalue weighted by atomic mass is 9.98. The highest BCUT2D eigenvalue weighted by Crippen LogP contribution is 2.44. The van der Waals surface area contributed by atoms with E-state index in [1.165, 1.54) is 17.2 Å². The molecule has 1 amide bonds. The molecule has 0 aliphatic heterocycles. The van der Waals surface area contributed by atoms with Crippen LogP contribution in [0.5, 0.6) is 0 Å². The molecule has 1 aliphatic rings. The second-order valence-electron chi connectivity index (χ2n) is 7.19. The van der Waals surface area contributed by atoms with Crippen molar-refractivity contribution in [1.29, 1.82) is 0 Å². The summed E-state index contributed by atoms with van der Waals surface area (Å²) in [5.41, 5.74) is 10.4. The smallest absolute Gasteiger partial charge is 0.407 e. The Morgan fingerprint density at radius 3 is 2.47 bits per heavy atom. The van der Waals surface area contributed by atoms with Crippen LogP contribution < -0.4 is 11.1 Å². The Bertz CT molecular complexity index is 1200. The zero-order valence-electron chi connectivity index (χ0n) is 17.1. The maximum absolute atomic E-state index is 12.1. The molecule has 0 saturated carbocycles. The Morgan fingerprint density at radius 1 is 1.16 bits per heavy atom. The minimum Gasteiger partial charge on any atom is -0.449 e. The highest BCUT2D eigenvalue weighted by atomic mass is 16.6. The van der Waals surface area contributed by atoms with Crippen LogP contribution in [0.25, 0.3) is 11.1 Å². The highest BCUT2D eigenvalue weighted by Gasteiger charge is 2.28. The summed E-state index contributed by atoms with van der Waals surface area (Å²) in [6.07, 6.45) is 0.885. The fourth-order valence-corrected chi connectivity index (χ4v) is 3.70. The van der Waals surface area contributed by atoms with Crippen LogP contribution >= 0.6 is 0 Å². The number of rotatable bonds is 5. The third-order valence-corrected chi connectivity index (χ3v) is 5.20. The van der Waals surface area contributed by atoms with E-state index in [4.69, 9.17) is 10.5 Å². The van der Waals surface area contributed by atoms with Crippen molar-refractivity contribution in [3.05, 3.63) is 87.6 Å². The molecule has 1 heterocycles. The second kappa shape index (κ2) is 9.18. The van der Waals surface area contributed by atoms with E-state index in [2.05, 4.69) is 46.4 Å². The maximum atomic E-state index is 12.1.